The quantitative estimate of drug-likeness (QED) is 0.838. The maximum atomic E-state index is 12.8. The Morgan fingerprint density at radius 2 is 1.92 bits per heavy atom. The van der Waals surface area contributed by atoms with Crippen LogP contribution in [0.5, 0.6) is 0 Å². The van der Waals surface area contributed by atoms with Crippen LogP contribution < -0.4 is 11.1 Å². The smallest absolute Gasteiger partial charge is 0.253 e. The minimum Gasteiger partial charge on any atom is -0.355 e. The number of halogens is 1. The van der Waals surface area contributed by atoms with Crippen molar-refractivity contribution in [1.82, 2.24) is 10.2 Å². The van der Waals surface area contributed by atoms with E-state index in [0.717, 1.165) is 30.5 Å². The van der Waals surface area contributed by atoms with E-state index >= 15 is 0 Å². The van der Waals surface area contributed by atoms with Gasteiger partial charge < -0.3 is 16.0 Å². The Morgan fingerprint density at radius 1 is 1.28 bits per heavy atom. The lowest BCUT2D eigenvalue weighted by molar-refractivity contribution is -0.126. The summed E-state index contributed by atoms with van der Waals surface area (Å²) in [6, 6.07) is 5.89. The highest BCUT2D eigenvalue weighted by Gasteiger charge is 2.29. The molecule has 0 aromatic heterocycles. The van der Waals surface area contributed by atoms with Gasteiger partial charge in [0.05, 0.1) is 5.92 Å². The number of nitrogens with two attached hydrogens (primary N) is 1. The second kappa shape index (κ2) is 9.78. The van der Waals surface area contributed by atoms with Crippen LogP contribution in [0, 0.1) is 25.7 Å². The Labute approximate surface area is 156 Å². The van der Waals surface area contributed by atoms with Gasteiger partial charge in [-0.15, -0.1) is 12.4 Å². The van der Waals surface area contributed by atoms with Gasteiger partial charge in [-0.25, -0.2) is 0 Å². The number of benzene rings is 1. The predicted molar refractivity (Wildman–Crippen MR) is 103 cm³/mol. The summed E-state index contributed by atoms with van der Waals surface area (Å²) >= 11 is 0. The van der Waals surface area contributed by atoms with Crippen molar-refractivity contribution in [3.63, 3.8) is 0 Å². The zero-order chi connectivity index (χ0) is 17.7. The van der Waals surface area contributed by atoms with E-state index in [-0.39, 0.29) is 36.1 Å². The van der Waals surface area contributed by atoms with Crippen LogP contribution in [0.25, 0.3) is 0 Å². The highest BCUT2D eigenvalue weighted by Crippen LogP contribution is 2.20. The molecule has 2 atom stereocenters. The van der Waals surface area contributed by atoms with E-state index in [1.807, 2.05) is 37.8 Å². The molecule has 1 heterocycles. The first-order chi connectivity index (χ1) is 11.4. The van der Waals surface area contributed by atoms with Crippen molar-refractivity contribution >= 4 is 24.2 Å². The first kappa shape index (κ1) is 21.5. The van der Waals surface area contributed by atoms with Gasteiger partial charge in [0.2, 0.25) is 5.91 Å². The minimum absolute atomic E-state index is 0. The zero-order valence-electron chi connectivity index (χ0n) is 15.4. The zero-order valence-corrected chi connectivity index (χ0v) is 16.2. The van der Waals surface area contributed by atoms with E-state index < -0.39 is 0 Å². The highest BCUT2D eigenvalue weighted by atomic mass is 35.5. The van der Waals surface area contributed by atoms with Crippen LogP contribution in [0.1, 0.15) is 41.3 Å². The summed E-state index contributed by atoms with van der Waals surface area (Å²) in [5.41, 5.74) is 8.46. The number of likely N-dealkylation sites (tertiary alicyclic amines) is 1. The molecule has 1 aromatic carbocycles. The van der Waals surface area contributed by atoms with Crippen molar-refractivity contribution in [3.05, 3.63) is 34.9 Å². The molecule has 1 saturated heterocycles. The summed E-state index contributed by atoms with van der Waals surface area (Å²) in [4.78, 5) is 26.9. The first-order valence-corrected chi connectivity index (χ1v) is 8.76. The normalized spacial score (nSPS) is 18.2. The SMILES string of the molecule is Cc1cc(C)cc(C(=O)N2CCCC(C(=O)NCC(C)CN)C2)c1.Cl. The van der Waals surface area contributed by atoms with E-state index in [4.69, 9.17) is 5.73 Å². The van der Waals surface area contributed by atoms with E-state index in [1.54, 1.807) is 0 Å². The second-order valence-corrected chi connectivity index (χ2v) is 7.05. The number of carbonyl (C=O) groups is 2. The molecular weight excluding hydrogens is 338 g/mol. The number of hydrogen-bond donors (Lipinski definition) is 2. The number of rotatable bonds is 5. The van der Waals surface area contributed by atoms with Crippen LogP contribution in [-0.4, -0.2) is 42.9 Å². The number of carbonyl (C=O) groups excluding carboxylic acids is 2. The molecule has 1 fully saturated rings. The van der Waals surface area contributed by atoms with Gasteiger partial charge in [-0.05, 0) is 51.3 Å². The van der Waals surface area contributed by atoms with Gasteiger partial charge in [0.1, 0.15) is 0 Å². The number of hydrogen-bond acceptors (Lipinski definition) is 3. The van der Waals surface area contributed by atoms with E-state index in [9.17, 15) is 9.59 Å². The minimum atomic E-state index is -0.126. The topological polar surface area (TPSA) is 75.4 Å². The molecule has 2 unspecified atom stereocenters. The van der Waals surface area contributed by atoms with Crippen molar-refractivity contribution in [2.24, 2.45) is 17.6 Å². The third-order valence-electron chi connectivity index (χ3n) is 4.58. The van der Waals surface area contributed by atoms with Crippen LogP contribution >= 0.6 is 12.4 Å². The maximum absolute atomic E-state index is 12.8. The number of aryl methyl sites for hydroxylation is 2. The fourth-order valence-electron chi connectivity index (χ4n) is 3.16. The molecule has 25 heavy (non-hydrogen) atoms. The molecule has 0 bridgehead atoms. The molecule has 6 heteroatoms. The molecule has 5 nitrogen and oxygen atoms in total. The molecule has 1 aliphatic heterocycles. The fourth-order valence-corrected chi connectivity index (χ4v) is 3.16. The molecule has 0 aliphatic carbocycles. The van der Waals surface area contributed by atoms with E-state index in [1.165, 1.54) is 0 Å². The Bertz CT molecular complexity index is 586. The Balaban J connectivity index is 0.00000312. The van der Waals surface area contributed by atoms with Crippen molar-refractivity contribution in [3.8, 4) is 0 Å². The largest absolute Gasteiger partial charge is 0.355 e. The lowest BCUT2D eigenvalue weighted by atomic mass is 9.96. The van der Waals surface area contributed by atoms with Crippen molar-refractivity contribution < 1.29 is 9.59 Å². The average Bonchev–Trinajstić information content (AvgIpc) is 2.57. The molecule has 3 N–H and O–H groups in total. The maximum Gasteiger partial charge on any atom is 0.253 e. The highest BCUT2D eigenvalue weighted by molar-refractivity contribution is 5.95. The van der Waals surface area contributed by atoms with Gasteiger partial charge in [0, 0.05) is 25.2 Å². The molecule has 0 spiro atoms. The molecule has 140 valence electrons. The monoisotopic (exact) mass is 367 g/mol. The van der Waals surface area contributed by atoms with Crippen LogP contribution in [0.2, 0.25) is 0 Å². The molecule has 1 aliphatic rings. The summed E-state index contributed by atoms with van der Waals surface area (Å²) in [6.07, 6.45) is 1.69. The molecule has 2 amide bonds. The molecule has 2 rings (SSSR count). The number of piperidine rings is 1. The van der Waals surface area contributed by atoms with Gasteiger partial charge >= 0.3 is 0 Å². The van der Waals surface area contributed by atoms with Gasteiger partial charge in [-0.1, -0.05) is 24.1 Å². The van der Waals surface area contributed by atoms with Crippen molar-refractivity contribution in [1.29, 1.82) is 0 Å². The van der Waals surface area contributed by atoms with Gasteiger partial charge in [-0.3, -0.25) is 9.59 Å². The molecular formula is C19H30ClN3O2. The van der Waals surface area contributed by atoms with Crippen LogP contribution in [0.15, 0.2) is 18.2 Å². The average molecular weight is 368 g/mol. The standard InChI is InChI=1S/C19H29N3O2.ClH/c1-13-7-14(2)9-17(8-13)19(24)22-6-4-5-16(12-22)18(23)21-11-15(3)10-20;/h7-9,15-16H,4-6,10-12,20H2,1-3H3,(H,21,23);1H. The summed E-state index contributed by atoms with van der Waals surface area (Å²) < 4.78 is 0. The summed E-state index contributed by atoms with van der Waals surface area (Å²) in [5.74, 6) is 0.201. The second-order valence-electron chi connectivity index (χ2n) is 7.05. The lowest BCUT2D eigenvalue weighted by Gasteiger charge is -2.32. The lowest BCUT2D eigenvalue weighted by Crippen LogP contribution is -2.46. The summed E-state index contributed by atoms with van der Waals surface area (Å²) in [7, 11) is 0. The summed E-state index contributed by atoms with van der Waals surface area (Å²) in [6.45, 7) is 8.36. The molecule has 0 radical (unpaired) electrons. The number of amides is 2. The third kappa shape index (κ3) is 6.01. The Hall–Kier alpha value is -1.59. The van der Waals surface area contributed by atoms with Crippen LogP contribution in [0.4, 0.5) is 0 Å². The number of nitrogens with zero attached hydrogens (tertiary/aromatic N) is 1. The van der Waals surface area contributed by atoms with Crippen LogP contribution in [0.3, 0.4) is 0 Å². The first-order valence-electron chi connectivity index (χ1n) is 8.76. The molecule has 1 aromatic rings. The van der Waals surface area contributed by atoms with E-state index in [0.29, 0.717) is 25.2 Å². The third-order valence-corrected chi connectivity index (χ3v) is 4.58. The van der Waals surface area contributed by atoms with Gasteiger partial charge in [0.25, 0.3) is 5.91 Å². The Kier molecular flexibility index (Phi) is 8.39. The van der Waals surface area contributed by atoms with Crippen molar-refractivity contribution in [2.75, 3.05) is 26.2 Å². The fraction of sp³-hybridized carbons (Fsp3) is 0.579. The Morgan fingerprint density at radius 3 is 2.52 bits per heavy atom. The van der Waals surface area contributed by atoms with Crippen LogP contribution in [-0.2, 0) is 4.79 Å². The van der Waals surface area contributed by atoms with E-state index in [2.05, 4.69) is 11.4 Å². The van der Waals surface area contributed by atoms with Gasteiger partial charge in [0.15, 0.2) is 0 Å². The predicted octanol–water partition coefficient (Wildman–Crippen LogP) is 2.29. The summed E-state index contributed by atoms with van der Waals surface area (Å²) in [5, 5.41) is 2.96. The number of nitrogens with one attached hydrogen (secondary N) is 1. The van der Waals surface area contributed by atoms with Crippen molar-refractivity contribution in [2.45, 2.75) is 33.6 Å². The van der Waals surface area contributed by atoms with Gasteiger partial charge in [-0.2, -0.15) is 0 Å². The molecule has 0 saturated carbocycles.